The van der Waals surface area contributed by atoms with E-state index in [4.69, 9.17) is 52.0 Å². The van der Waals surface area contributed by atoms with Gasteiger partial charge in [-0.3, -0.25) is 24.5 Å². The van der Waals surface area contributed by atoms with Gasteiger partial charge in [-0.25, -0.2) is 28.4 Å². The summed E-state index contributed by atoms with van der Waals surface area (Å²) in [6, 6.07) is 26.0. The molecule has 0 aliphatic carbocycles. The number of amides is 5. The van der Waals surface area contributed by atoms with E-state index in [0.717, 1.165) is 11.8 Å². The predicted octanol–water partition coefficient (Wildman–Crippen LogP) is 9.21. The number of nitrogens with zero attached hydrogens (tertiary/aromatic N) is 5. The summed E-state index contributed by atoms with van der Waals surface area (Å²) in [4.78, 5) is 63.5. The highest BCUT2D eigenvalue weighted by Gasteiger charge is 2.36. The van der Waals surface area contributed by atoms with E-state index in [-0.39, 0.29) is 63.3 Å². The molecule has 23 heteroatoms. The highest BCUT2D eigenvalue weighted by atomic mass is 35.5. The van der Waals surface area contributed by atoms with Crippen molar-refractivity contribution in [2.75, 3.05) is 83.7 Å². The molecule has 10 rings (SSSR count). The fourth-order valence-electron chi connectivity index (χ4n) is 7.01. The van der Waals surface area contributed by atoms with Crippen LogP contribution in [0, 0.1) is 11.7 Å². The number of aromatic hydroxyl groups is 5. The van der Waals surface area contributed by atoms with Crippen LogP contribution in [0.25, 0.3) is 0 Å². The zero-order chi connectivity index (χ0) is 51.4. The molecule has 5 aliphatic heterocycles. The van der Waals surface area contributed by atoms with Crippen LogP contribution in [0.1, 0.15) is 13.8 Å². The smallest absolute Gasteiger partial charge is 0.414 e. The van der Waals surface area contributed by atoms with Gasteiger partial charge >= 0.3 is 30.5 Å². The van der Waals surface area contributed by atoms with Gasteiger partial charge in [0, 0.05) is 29.6 Å². The van der Waals surface area contributed by atoms with Gasteiger partial charge in [0.1, 0.15) is 56.0 Å². The number of phenols is 5. The molecule has 5 saturated heterocycles. The molecule has 5 aromatic rings. The average molecular weight is 1020 g/mol. The summed E-state index contributed by atoms with van der Waals surface area (Å²) >= 11 is 11.4. The van der Waals surface area contributed by atoms with E-state index in [1.54, 1.807) is 54.6 Å². The lowest BCUT2D eigenvalue weighted by Gasteiger charge is -2.24. The van der Waals surface area contributed by atoms with E-state index in [1.807, 2.05) is 13.8 Å². The monoisotopic (exact) mass is 1020 g/mol. The fourth-order valence-corrected chi connectivity index (χ4v) is 7.30. The Hall–Kier alpha value is -8.04. The third-order valence-corrected chi connectivity index (χ3v) is 11.3. The highest BCUT2D eigenvalue weighted by Crippen LogP contribution is 2.33. The maximum atomic E-state index is 13.0. The van der Waals surface area contributed by atoms with Crippen LogP contribution in [0.15, 0.2) is 103 Å². The minimum Gasteiger partial charge on any atom is -0.508 e. The molecule has 5 aromatic carbocycles. The summed E-state index contributed by atoms with van der Waals surface area (Å²) in [7, 11) is 0. The molecule has 0 bridgehead atoms. The second kappa shape index (κ2) is 24.0. The number of phenolic OH excluding ortho intramolecular Hbond substituents is 5. The SMILES string of the molecule is CC(C)[C@@H]1COC(=O)N1c1ccc(F)c(O)c1.O=C1OCCN1c1ccc(Cl)c(O)c1.O=C1OCCN1c1ccc(O)c(Cl)c1.O=C1OCCN1c1ccc(O)cc1.O=C1OCCN1c1cccc(O)c1. The van der Waals surface area contributed by atoms with Crippen LogP contribution in [0.5, 0.6) is 28.7 Å². The van der Waals surface area contributed by atoms with Crippen LogP contribution in [0.4, 0.5) is 56.8 Å². The summed E-state index contributed by atoms with van der Waals surface area (Å²) in [5.74, 6) is -0.652. The lowest BCUT2D eigenvalue weighted by molar-refractivity contribution is 0.176. The van der Waals surface area contributed by atoms with Gasteiger partial charge in [-0.2, -0.15) is 0 Å². The lowest BCUT2D eigenvalue weighted by atomic mass is 10.0. The third-order valence-electron chi connectivity index (χ3n) is 10.7. The Morgan fingerprint density at radius 3 is 1.41 bits per heavy atom. The van der Waals surface area contributed by atoms with E-state index in [9.17, 15) is 48.8 Å². The van der Waals surface area contributed by atoms with Gasteiger partial charge in [-0.15, -0.1) is 0 Å². The predicted molar refractivity (Wildman–Crippen MR) is 258 cm³/mol. The maximum Gasteiger partial charge on any atom is 0.414 e. The van der Waals surface area contributed by atoms with Crippen molar-refractivity contribution in [3.63, 3.8) is 0 Å². The topological polar surface area (TPSA) is 249 Å². The summed E-state index contributed by atoms with van der Waals surface area (Å²) < 4.78 is 37.0. The summed E-state index contributed by atoms with van der Waals surface area (Å²) in [5.41, 5.74) is 3.10. The number of anilines is 5. The van der Waals surface area contributed by atoms with Gasteiger partial charge in [0.05, 0.1) is 59.3 Å². The molecule has 0 aromatic heterocycles. The van der Waals surface area contributed by atoms with Crippen molar-refractivity contribution in [3.05, 3.63) is 119 Å². The highest BCUT2D eigenvalue weighted by molar-refractivity contribution is 6.32. The molecule has 5 N–H and O–H groups in total. The molecule has 5 fully saturated rings. The maximum absolute atomic E-state index is 13.0. The first-order chi connectivity index (χ1) is 33.9. The van der Waals surface area contributed by atoms with Gasteiger partial charge in [-0.05, 0) is 84.8 Å². The first-order valence-electron chi connectivity index (χ1n) is 21.7. The molecule has 1 atom stereocenters. The van der Waals surface area contributed by atoms with Crippen LogP contribution in [0.2, 0.25) is 10.0 Å². The molecule has 376 valence electrons. The molecule has 5 heterocycles. The van der Waals surface area contributed by atoms with Crippen LogP contribution in [0.3, 0.4) is 0 Å². The molecule has 5 amide bonds. The molecular formula is C48H48Cl2FN5O15. The Bertz CT molecular complexity index is 2640. The lowest BCUT2D eigenvalue weighted by Crippen LogP contribution is -2.37. The second-order valence-electron chi connectivity index (χ2n) is 15.8. The number of hydrogen-bond acceptors (Lipinski definition) is 15. The number of halogens is 3. The number of carbonyl (C=O) groups is 5. The van der Waals surface area contributed by atoms with Crippen molar-refractivity contribution in [2.45, 2.75) is 19.9 Å². The number of rotatable bonds is 6. The Morgan fingerprint density at radius 1 is 0.479 bits per heavy atom. The molecule has 0 radical (unpaired) electrons. The van der Waals surface area contributed by atoms with E-state index in [0.29, 0.717) is 82.0 Å². The Labute approximate surface area is 415 Å². The van der Waals surface area contributed by atoms with Gasteiger partial charge in [0.2, 0.25) is 0 Å². The van der Waals surface area contributed by atoms with E-state index in [1.165, 1.54) is 67.0 Å². The molecule has 0 unspecified atom stereocenters. The van der Waals surface area contributed by atoms with Crippen molar-refractivity contribution in [2.24, 2.45) is 5.92 Å². The molecule has 0 saturated carbocycles. The quantitative estimate of drug-likeness (QED) is 0.0995. The number of cyclic esters (lactones) is 5. The molecule has 20 nitrogen and oxygen atoms in total. The standard InChI is InChI=1S/C12H14FNO3.2C9H8ClNO3.2C9H9NO3/c1-7(2)10-6-17-12(16)14(10)8-3-4-9(13)11(15)5-8;10-7-5-6(1-2-8(7)12)11-3-4-14-9(11)13;10-7-2-1-6(5-8(7)12)11-3-4-14-9(11)13;11-8-3-1-7(2-4-8)10-5-6-13-9(10)12;11-8-3-1-2-7(6-8)10-4-5-13-9(10)12/h3-5,7,10,15H,6H2,1-2H3;2*1-2,5,12H,3-4H2;1-4,11H,5-6H2;1-3,6,11H,4-5H2/t10-;;;;/m0..../s1. The van der Waals surface area contributed by atoms with Crippen molar-refractivity contribution in [3.8, 4) is 28.7 Å². The van der Waals surface area contributed by atoms with Gasteiger partial charge in [0.15, 0.2) is 11.6 Å². The van der Waals surface area contributed by atoms with E-state index >= 15 is 0 Å². The Balaban J connectivity index is 0.000000146. The number of ether oxygens (including phenoxy) is 5. The fraction of sp³-hybridized carbons (Fsp3) is 0.271. The van der Waals surface area contributed by atoms with Crippen molar-refractivity contribution in [1.29, 1.82) is 0 Å². The Kier molecular flexibility index (Phi) is 17.7. The van der Waals surface area contributed by atoms with E-state index < -0.39 is 23.8 Å². The van der Waals surface area contributed by atoms with E-state index in [2.05, 4.69) is 0 Å². The normalized spacial score (nSPS) is 16.8. The minimum atomic E-state index is -0.706. The number of carbonyl (C=O) groups excluding carboxylic acids is 5. The first-order valence-corrected chi connectivity index (χ1v) is 22.4. The second-order valence-corrected chi connectivity index (χ2v) is 16.6. The van der Waals surface area contributed by atoms with Crippen molar-refractivity contribution >= 4 is 82.1 Å². The number of benzene rings is 5. The van der Waals surface area contributed by atoms with Gasteiger partial charge < -0.3 is 49.2 Å². The largest absolute Gasteiger partial charge is 0.508 e. The van der Waals surface area contributed by atoms with Crippen molar-refractivity contribution < 1.29 is 77.6 Å². The Morgan fingerprint density at radius 2 is 0.944 bits per heavy atom. The van der Waals surface area contributed by atoms with Crippen LogP contribution < -0.4 is 24.5 Å². The third kappa shape index (κ3) is 13.6. The zero-order valence-corrected chi connectivity index (χ0v) is 39.5. The number of hydrogen-bond donors (Lipinski definition) is 5. The summed E-state index contributed by atoms with van der Waals surface area (Å²) in [6.07, 6.45) is -1.93. The molecule has 5 aliphatic rings. The zero-order valence-electron chi connectivity index (χ0n) is 38.0. The molecular weight excluding hydrogens is 976 g/mol. The molecule has 71 heavy (non-hydrogen) atoms. The average Bonchev–Trinajstić information content (AvgIpc) is 4.22. The summed E-state index contributed by atoms with van der Waals surface area (Å²) in [6.45, 7) is 8.00. The van der Waals surface area contributed by atoms with Crippen LogP contribution in [-0.2, 0) is 23.7 Å². The van der Waals surface area contributed by atoms with Crippen LogP contribution >= 0.6 is 23.2 Å². The first kappa shape index (κ1) is 52.3. The van der Waals surface area contributed by atoms with Crippen LogP contribution in [-0.4, -0.2) is 121 Å². The van der Waals surface area contributed by atoms with Gasteiger partial charge in [-0.1, -0.05) is 43.1 Å². The van der Waals surface area contributed by atoms with Gasteiger partial charge in [0.25, 0.3) is 0 Å². The van der Waals surface area contributed by atoms with Crippen molar-refractivity contribution in [1.82, 2.24) is 0 Å². The summed E-state index contributed by atoms with van der Waals surface area (Å²) in [5, 5.41) is 46.5. The molecule has 0 spiro atoms. The minimum absolute atomic E-state index is 0.00276.